The SMILES string of the molecule is CCOc1cccc(C(C)CO)c1C(F)(F)F. The van der Waals surface area contributed by atoms with Crippen molar-refractivity contribution >= 4 is 0 Å². The highest BCUT2D eigenvalue weighted by Crippen LogP contribution is 2.41. The zero-order valence-electron chi connectivity index (χ0n) is 9.71. The van der Waals surface area contributed by atoms with E-state index < -0.39 is 17.7 Å². The van der Waals surface area contributed by atoms with Crippen LogP contribution in [0.25, 0.3) is 0 Å². The summed E-state index contributed by atoms with van der Waals surface area (Å²) in [5.74, 6) is -0.759. The monoisotopic (exact) mass is 248 g/mol. The van der Waals surface area contributed by atoms with E-state index in [-0.39, 0.29) is 24.5 Å². The van der Waals surface area contributed by atoms with Crippen molar-refractivity contribution in [2.24, 2.45) is 0 Å². The first-order valence-corrected chi connectivity index (χ1v) is 5.35. The molecule has 0 aliphatic carbocycles. The van der Waals surface area contributed by atoms with Crippen LogP contribution in [-0.2, 0) is 6.18 Å². The molecule has 1 unspecified atom stereocenters. The minimum atomic E-state index is -4.48. The Hall–Kier alpha value is -1.23. The van der Waals surface area contributed by atoms with Gasteiger partial charge in [0.05, 0.1) is 6.61 Å². The van der Waals surface area contributed by atoms with Gasteiger partial charge < -0.3 is 9.84 Å². The summed E-state index contributed by atoms with van der Waals surface area (Å²) in [5, 5.41) is 8.99. The number of ether oxygens (including phenoxy) is 1. The molecule has 17 heavy (non-hydrogen) atoms. The first-order chi connectivity index (χ1) is 7.91. The van der Waals surface area contributed by atoms with Gasteiger partial charge in [0, 0.05) is 12.5 Å². The van der Waals surface area contributed by atoms with Gasteiger partial charge in [0.15, 0.2) is 0 Å². The topological polar surface area (TPSA) is 29.5 Å². The van der Waals surface area contributed by atoms with Crippen LogP contribution >= 0.6 is 0 Å². The Morgan fingerprint density at radius 1 is 1.35 bits per heavy atom. The summed E-state index contributed by atoms with van der Waals surface area (Å²) in [6, 6.07) is 4.16. The van der Waals surface area contributed by atoms with E-state index in [1.165, 1.54) is 18.2 Å². The molecule has 0 aromatic heterocycles. The third-order valence-electron chi connectivity index (χ3n) is 2.45. The standard InChI is InChI=1S/C12H15F3O2/c1-3-17-10-6-4-5-9(8(2)7-16)11(10)12(13,14)15/h4-6,8,16H,3,7H2,1-2H3. The quantitative estimate of drug-likeness (QED) is 0.886. The molecule has 1 aromatic carbocycles. The molecule has 96 valence electrons. The third kappa shape index (κ3) is 3.12. The van der Waals surface area contributed by atoms with Crippen LogP contribution in [0.3, 0.4) is 0 Å². The maximum Gasteiger partial charge on any atom is 0.420 e. The first-order valence-electron chi connectivity index (χ1n) is 5.35. The van der Waals surface area contributed by atoms with E-state index in [9.17, 15) is 13.2 Å². The van der Waals surface area contributed by atoms with Crippen molar-refractivity contribution in [2.45, 2.75) is 25.9 Å². The summed E-state index contributed by atoms with van der Waals surface area (Å²) >= 11 is 0. The van der Waals surface area contributed by atoms with Crippen LogP contribution in [-0.4, -0.2) is 18.3 Å². The van der Waals surface area contributed by atoms with Gasteiger partial charge in [0.25, 0.3) is 0 Å². The van der Waals surface area contributed by atoms with Gasteiger partial charge in [-0.2, -0.15) is 13.2 Å². The maximum atomic E-state index is 13.0. The fourth-order valence-corrected chi connectivity index (χ4v) is 1.64. The number of rotatable bonds is 4. The van der Waals surface area contributed by atoms with Crippen molar-refractivity contribution in [2.75, 3.05) is 13.2 Å². The molecule has 0 fully saturated rings. The summed E-state index contributed by atoms with van der Waals surface area (Å²) < 4.78 is 43.9. The Morgan fingerprint density at radius 2 is 2.00 bits per heavy atom. The molecule has 1 rings (SSSR count). The molecule has 0 spiro atoms. The van der Waals surface area contributed by atoms with Gasteiger partial charge in [-0.25, -0.2) is 0 Å². The molecular formula is C12H15F3O2. The Balaban J connectivity index is 3.34. The number of aliphatic hydroxyl groups is 1. The molecule has 1 aromatic rings. The van der Waals surface area contributed by atoms with Crippen LogP contribution in [0.15, 0.2) is 18.2 Å². The highest BCUT2D eigenvalue weighted by atomic mass is 19.4. The molecular weight excluding hydrogens is 233 g/mol. The van der Waals surface area contributed by atoms with E-state index in [0.717, 1.165) is 0 Å². The number of hydrogen-bond donors (Lipinski definition) is 1. The second-order valence-electron chi connectivity index (χ2n) is 3.73. The Bertz CT molecular complexity index is 375. The van der Waals surface area contributed by atoms with Crippen LogP contribution in [0.4, 0.5) is 13.2 Å². The molecule has 1 N–H and O–H groups in total. The normalized spacial score (nSPS) is 13.5. The number of alkyl halides is 3. The Morgan fingerprint density at radius 3 is 2.47 bits per heavy atom. The molecule has 0 aliphatic heterocycles. The van der Waals surface area contributed by atoms with Gasteiger partial charge in [-0.1, -0.05) is 19.1 Å². The van der Waals surface area contributed by atoms with Crippen LogP contribution in [0.1, 0.15) is 30.9 Å². The molecule has 0 saturated heterocycles. The van der Waals surface area contributed by atoms with Gasteiger partial charge in [-0.3, -0.25) is 0 Å². The highest BCUT2D eigenvalue weighted by Gasteiger charge is 2.37. The van der Waals surface area contributed by atoms with E-state index in [1.54, 1.807) is 13.8 Å². The second-order valence-corrected chi connectivity index (χ2v) is 3.73. The summed E-state index contributed by atoms with van der Waals surface area (Å²) in [4.78, 5) is 0. The maximum absolute atomic E-state index is 13.0. The minimum absolute atomic E-state index is 0.0611. The fourth-order valence-electron chi connectivity index (χ4n) is 1.64. The van der Waals surface area contributed by atoms with Gasteiger partial charge in [-0.15, -0.1) is 0 Å². The van der Waals surface area contributed by atoms with Gasteiger partial charge >= 0.3 is 6.18 Å². The molecule has 5 heteroatoms. The minimum Gasteiger partial charge on any atom is -0.493 e. The van der Waals surface area contributed by atoms with Crippen molar-refractivity contribution < 1.29 is 23.0 Å². The van der Waals surface area contributed by atoms with E-state index >= 15 is 0 Å². The van der Waals surface area contributed by atoms with Gasteiger partial charge in [0.2, 0.25) is 0 Å². The lowest BCUT2D eigenvalue weighted by molar-refractivity contribution is -0.139. The molecule has 0 saturated carbocycles. The van der Waals surface area contributed by atoms with Crippen LogP contribution in [0.2, 0.25) is 0 Å². The Labute approximate surface area is 98.0 Å². The lowest BCUT2D eigenvalue weighted by atomic mass is 9.95. The van der Waals surface area contributed by atoms with Crippen LogP contribution in [0.5, 0.6) is 5.75 Å². The molecule has 2 nitrogen and oxygen atoms in total. The predicted octanol–water partition coefficient (Wildman–Crippen LogP) is 3.20. The summed E-state index contributed by atoms with van der Waals surface area (Å²) in [5.41, 5.74) is -0.727. The predicted molar refractivity (Wildman–Crippen MR) is 58.1 cm³/mol. The number of halogens is 3. The molecule has 0 heterocycles. The van der Waals surface area contributed by atoms with Crippen molar-refractivity contribution in [3.05, 3.63) is 29.3 Å². The van der Waals surface area contributed by atoms with Crippen molar-refractivity contribution in [3.8, 4) is 5.75 Å². The molecule has 0 amide bonds. The lowest BCUT2D eigenvalue weighted by Crippen LogP contribution is -2.15. The van der Waals surface area contributed by atoms with E-state index in [0.29, 0.717) is 0 Å². The average molecular weight is 248 g/mol. The van der Waals surface area contributed by atoms with Crippen molar-refractivity contribution in [3.63, 3.8) is 0 Å². The molecule has 0 radical (unpaired) electrons. The fraction of sp³-hybridized carbons (Fsp3) is 0.500. The zero-order valence-corrected chi connectivity index (χ0v) is 9.71. The molecule has 0 aliphatic rings. The first kappa shape index (κ1) is 13.8. The second kappa shape index (κ2) is 5.40. The third-order valence-corrected chi connectivity index (χ3v) is 2.45. The molecule has 1 atom stereocenters. The molecule has 0 bridgehead atoms. The number of benzene rings is 1. The number of hydrogen-bond acceptors (Lipinski definition) is 2. The summed E-state index contributed by atoms with van der Waals surface area (Å²) in [6.45, 7) is 3.00. The average Bonchev–Trinajstić information content (AvgIpc) is 2.26. The summed E-state index contributed by atoms with van der Waals surface area (Å²) in [7, 11) is 0. The highest BCUT2D eigenvalue weighted by molar-refractivity contribution is 5.44. The van der Waals surface area contributed by atoms with Gasteiger partial charge in [-0.05, 0) is 18.6 Å². The van der Waals surface area contributed by atoms with E-state index in [2.05, 4.69) is 0 Å². The smallest absolute Gasteiger partial charge is 0.420 e. The largest absolute Gasteiger partial charge is 0.493 e. The van der Waals surface area contributed by atoms with E-state index in [1.807, 2.05) is 0 Å². The van der Waals surface area contributed by atoms with Crippen LogP contribution in [0, 0.1) is 0 Å². The van der Waals surface area contributed by atoms with Crippen molar-refractivity contribution in [1.82, 2.24) is 0 Å². The van der Waals surface area contributed by atoms with E-state index in [4.69, 9.17) is 9.84 Å². The lowest BCUT2D eigenvalue weighted by Gasteiger charge is -2.20. The van der Waals surface area contributed by atoms with Gasteiger partial charge in [0.1, 0.15) is 11.3 Å². The Kier molecular flexibility index (Phi) is 4.40. The van der Waals surface area contributed by atoms with Crippen LogP contribution < -0.4 is 4.74 Å². The summed E-state index contributed by atoms with van der Waals surface area (Å²) in [6.07, 6.45) is -4.48. The number of aliphatic hydroxyl groups excluding tert-OH is 1. The zero-order chi connectivity index (χ0) is 13.1. The van der Waals surface area contributed by atoms with Crippen molar-refractivity contribution in [1.29, 1.82) is 0 Å².